The molecule has 1 aromatic rings. The smallest absolute Gasteiger partial charge is 0.160 e. The van der Waals surface area contributed by atoms with Gasteiger partial charge in [0.25, 0.3) is 0 Å². The van der Waals surface area contributed by atoms with Crippen molar-refractivity contribution in [2.45, 2.75) is 45.1 Å². The number of hydrogen-bond donors (Lipinski definition) is 1. The Morgan fingerprint density at radius 3 is 2.50 bits per heavy atom. The number of ether oxygens (including phenoxy) is 1. The predicted molar refractivity (Wildman–Crippen MR) is 80.1 cm³/mol. The van der Waals surface area contributed by atoms with Crippen molar-refractivity contribution in [3.63, 3.8) is 0 Å². The quantitative estimate of drug-likeness (QED) is 0.915. The van der Waals surface area contributed by atoms with Gasteiger partial charge in [-0.3, -0.25) is 4.90 Å². The molecular formula is C17H25NO2. The lowest BCUT2D eigenvalue weighted by Crippen LogP contribution is -2.38. The van der Waals surface area contributed by atoms with E-state index in [2.05, 4.69) is 4.90 Å². The van der Waals surface area contributed by atoms with Gasteiger partial charge in [-0.05, 0) is 61.9 Å². The molecule has 110 valence electrons. The first kappa shape index (κ1) is 13.7. The largest absolute Gasteiger partial charge is 0.504 e. The lowest BCUT2D eigenvalue weighted by molar-refractivity contribution is 0.103. The van der Waals surface area contributed by atoms with Crippen molar-refractivity contribution in [3.05, 3.63) is 23.8 Å². The summed E-state index contributed by atoms with van der Waals surface area (Å²) in [5.74, 6) is 0.798. The van der Waals surface area contributed by atoms with Crippen LogP contribution in [0.4, 0.5) is 0 Å². The molecule has 0 bridgehead atoms. The summed E-state index contributed by atoms with van der Waals surface area (Å²) < 4.78 is 5.18. The summed E-state index contributed by atoms with van der Waals surface area (Å²) in [6, 6.07) is 5.68. The molecule has 1 saturated heterocycles. The maximum Gasteiger partial charge on any atom is 0.160 e. The van der Waals surface area contributed by atoms with Crippen LogP contribution in [0.15, 0.2) is 18.2 Å². The third-order valence-corrected chi connectivity index (χ3v) is 5.23. The molecule has 1 aromatic carbocycles. The number of likely N-dealkylation sites (tertiary alicyclic amines) is 1. The molecule has 2 aliphatic rings. The molecular weight excluding hydrogens is 250 g/mol. The minimum absolute atomic E-state index is 0.222. The van der Waals surface area contributed by atoms with Gasteiger partial charge in [0.1, 0.15) is 0 Å². The van der Waals surface area contributed by atoms with Gasteiger partial charge in [0, 0.05) is 6.54 Å². The molecule has 20 heavy (non-hydrogen) atoms. The Balaban J connectivity index is 1.59. The van der Waals surface area contributed by atoms with E-state index in [1.807, 2.05) is 12.1 Å². The van der Waals surface area contributed by atoms with Crippen LogP contribution >= 0.6 is 0 Å². The minimum atomic E-state index is 0.222. The van der Waals surface area contributed by atoms with Crippen LogP contribution in [0.2, 0.25) is 0 Å². The van der Waals surface area contributed by atoms with E-state index < -0.39 is 0 Å². The highest BCUT2D eigenvalue weighted by atomic mass is 16.5. The number of methoxy groups -OCH3 is 1. The minimum Gasteiger partial charge on any atom is -0.504 e. The third-order valence-electron chi connectivity index (χ3n) is 5.23. The zero-order valence-corrected chi connectivity index (χ0v) is 12.4. The van der Waals surface area contributed by atoms with Crippen LogP contribution in [0.5, 0.6) is 11.5 Å². The second-order valence-electron chi connectivity index (χ2n) is 6.49. The van der Waals surface area contributed by atoms with Crippen molar-refractivity contribution < 1.29 is 9.84 Å². The Labute approximate surface area is 121 Å². The van der Waals surface area contributed by atoms with Gasteiger partial charge in [0.2, 0.25) is 0 Å². The molecule has 3 rings (SSSR count). The summed E-state index contributed by atoms with van der Waals surface area (Å²) in [7, 11) is 1.60. The van der Waals surface area contributed by atoms with Crippen LogP contribution < -0.4 is 4.74 Å². The maximum atomic E-state index is 9.64. The van der Waals surface area contributed by atoms with Crippen LogP contribution in [0.3, 0.4) is 0 Å². The Kier molecular flexibility index (Phi) is 3.88. The van der Waals surface area contributed by atoms with Gasteiger partial charge in [-0.15, -0.1) is 0 Å². The third kappa shape index (κ3) is 2.78. The number of nitrogens with zero attached hydrogens (tertiary/aromatic N) is 1. The number of benzene rings is 1. The SMILES string of the molecule is COc1cc(CN2CCC3(CCCC3)CC2)ccc1O. The van der Waals surface area contributed by atoms with Crippen molar-refractivity contribution in [2.24, 2.45) is 5.41 Å². The number of hydrogen-bond acceptors (Lipinski definition) is 3. The van der Waals surface area contributed by atoms with Crippen LogP contribution in [-0.4, -0.2) is 30.2 Å². The Hall–Kier alpha value is -1.22. The van der Waals surface area contributed by atoms with Crippen molar-refractivity contribution in [1.29, 1.82) is 0 Å². The highest BCUT2D eigenvalue weighted by Crippen LogP contribution is 2.46. The predicted octanol–water partition coefficient (Wildman–Crippen LogP) is 3.56. The van der Waals surface area contributed by atoms with Gasteiger partial charge in [-0.1, -0.05) is 18.9 Å². The summed E-state index contributed by atoms with van der Waals surface area (Å²) in [6.45, 7) is 3.39. The van der Waals surface area contributed by atoms with Crippen molar-refractivity contribution >= 4 is 0 Å². The monoisotopic (exact) mass is 275 g/mol. The van der Waals surface area contributed by atoms with Crippen molar-refractivity contribution in [2.75, 3.05) is 20.2 Å². The van der Waals surface area contributed by atoms with Gasteiger partial charge in [0.05, 0.1) is 7.11 Å². The molecule has 1 spiro atoms. The van der Waals surface area contributed by atoms with Gasteiger partial charge in [0.15, 0.2) is 11.5 Å². The van der Waals surface area contributed by atoms with E-state index in [4.69, 9.17) is 4.74 Å². The van der Waals surface area contributed by atoms with Crippen LogP contribution in [0, 0.1) is 5.41 Å². The average molecular weight is 275 g/mol. The lowest BCUT2D eigenvalue weighted by Gasteiger charge is -2.39. The molecule has 0 atom stereocenters. The Morgan fingerprint density at radius 1 is 1.15 bits per heavy atom. The molecule has 2 fully saturated rings. The molecule has 3 nitrogen and oxygen atoms in total. The zero-order chi connectivity index (χ0) is 14.0. The molecule has 0 unspecified atom stereocenters. The topological polar surface area (TPSA) is 32.7 Å². The molecule has 1 saturated carbocycles. The fraction of sp³-hybridized carbons (Fsp3) is 0.647. The Morgan fingerprint density at radius 2 is 1.85 bits per heavy atom. The molecule has 1 aliphatic heterocycles. The number of phenolic OH excluding ortho intramolecular Hbond substituents is 1. The maximum absolute atomic E-state index is 9.64. The Bertz CT molecular complexity index is 456. The normalized spacial score (nSPS) is 22.2. The molecule has 1 heterocycles. The van der Waals surface area contributed by atoms with Gasteiger partial charge in [-0.2, -0.15) is 0 Å². The van der Waals surface area contributed by atoms with Gasteiger partial charge in [-0.25, -0.2) is 0 Å². The standard InChI is InChI=1S/C17H25NO2/c1-20-16-12-14(4-5-15(16)19)13-18-10-8-17(9-11-18)6-2-3-7-17/h4-5,12,19H,2-3,6-11,13H2,1H3. The van der Waals surface area contributed by atoms with E-state index in [9.17, 15) is 5.11 Å². The summed E-state index contributed by atoms with van der Waals surface area (Å²) in [5.41, 5.74) is 1.91. The van der Waals surface area contributed by atoms with E-state index in [0.29, 0.717) is 11.2 Å². The van der Waals surface area contributed by atoms with E-state index >= 15 is 0 Å². The first-order chi connectivity index (χ1) is 9.71. The van der Waals surface area contributed by atoms with Crippen LogP contribution in [-0.2, 0) is 6.54 Å². The number of piperidine rings is 1. The number of phenols is 1. The van der Waals surface area contributed by atoms with Crippen LogP contribution in [0.1, 0.15) is 44.1 Å². The van der Waals surface area contributed by atoms with Crippen molar-refractivity contribution in [1.82, 2.24) is 4.90 Å². The van der Waals surface area contributed by atoms with Gasteiger partial charge >= 0.3 is 0 Å². The highest BCUT2D eigenvalue weighted by molar-refractivity contribution is 5.41. The van der Waals surface area contributed by atoms with E-state index in [1.165, 1.54) is 57.2 Å². The molecule has 3 heteroatoms. The molecule has 0 aromatic heterocycles. The summed E-state index contributed by atoms with van der Waals surface area (Å²) in [6.07, 6.45) is 8.51. The number of rotatable bonds is 3. The number of aromatic hydroxyl groups is 1. The molecule has 0 amide bonds. The zero-order valence-electron chi connectivity index (χ0n) is 12.4. The molecule has 1 N–H and O–H groups in total. The molecule has 0 radical (unpaired) electrons. The fourth-order valence-corrected chi connectivity index (χ4v) is 3.89. The van der Waals surface area contributed by atoms with Gasteiger partial charge < -0.3 is 9.84 Å². The van der Waals surface area contributed by atoms with E-state index in [0.717, 1.165) is 6.54 Å². The average Bonchev–Trinajstić information content (AvgIpc) is 2.92. The summed E-state index contributed by atoms with van der Waals surface area (Å²) in [4.78, 5) is 2.54. The van der Waals surface area contributed by atoms with E-state index in [-0.39, 0.29) is 5.75 Å². The second kappa shape index (κ2) is 5.65. The van der Waals surface area contributed by atoms with Crippen molar-refractivity contribution in [3.8, 4) is 11.5 Å². The summed E-state index contributed by atoms with van der Waals surface area (Å²) >= 11 is 0. The first-order valence-electron chi connectivity index (χ1n) is 7.79. The second-order valence-corrected chi connectivity index (χ2v) is 6.49. The fourth-order valence-electron chi connectivity index (χ4n) is 3.89. The first-order valence-corrected chi connectivity index (χ1v) is 7.79. The molecule has 1 aliphatic carbocycles. The summed E-state index contributed by atoms with van der Waals surface area (Å²) in [5, 5.41) is 9.64. The van der Waals surface area contributed by atoms with E-state index in [1.54, 1.807) is 13.2 Å². The lowest BCUT2D eigenvalue weighted by atomic mass is 9.77. The van der Waals surface area contributed by atoms with Crippen LogP contribution in [0.25, 0.3) is 0 Å². The highest BCUT2D eigenvalue weighted by Gasteiger charge is 2.36.